The highest BCUT2D eigenvalue weighted by Gasteiger charge is 2.16. The van der Waals surface area contributed by atoms with Crippen LogP contribution in [-0.4, -0.2) is 35.7 Å². The second-order valence-electron chi connectivity index (χ2n) is 11.1. The lowest BCUT2D eigenvalue weighted by atomic mass is 9.87. The molecule has 0 saturated heterocycles. The minimum Gasteiger partial charge on any atom is -0.463 e. The van der Waals surface area contributed by atoms with Gasteiger partial charge in [-0.05, 0) is 68.1 Å². The second-order valence-corrected chi connectivity index (χ2v) is 11.1. The van der Waals surface area contributed by atoms with Crippen molar-refractivity contribution < 1.29 is 28.7 Å². The summed E-state index contributed by atoms with van der Waals surface area (Å²) in [5.74, 6) is 0.152. The Morgan fingerprint density at radius 2 is 1.49 bits per heavy atom. The number of benzene rings is 1. The van der Waals surface area contributed by atoms with Crippen LogP contribution < -0.4 is 0 Å². The molecule has 1 aliphatic rings. The third kappa shape index (κ3) is 14.2. The van der Waals surface area contributed by atoms with Gasteiger partial charge in [-0.1, -0.05) is 75.1 Å². The molecule has 0 amide bonds. The van der Waals surface area contributed by atoms with Crippen LogP contribution in [0.25, 0.3) is 0 Å². The van der Waals surface area contributed by atoms with Crippen molar-refractivity contribution in [2.24, 2.45) is 5.92 Å². The molecule has 0 heterocycles. The van der Waals surface area contributed by atoms with E-state index in [0.29, 0.717) is 49.8 Å². The van der Waals surface area contributed by atoms with Gasteiger partial charge in [0.15, 0.2) is 17.3 Å². The van der Waals surface area contributed by atoms with E-state index in [0.717, 1.165) is 75.0 Å². The number of rotatable bonds is 23. The van der Waals surface area contributed by atoms with E-state index in [1.165, 1.54) is 6.08 Å². The first kappa shape index (κ1) is 35.3. The lowest BCUT2D eigenvalue weighted by molar-refractivity contribution is -0.138. The fourth-order valence-electron chi connectivity index (χ4n) is 4.87. The quantitative estimate of drug-likeness (QED) is 0.0563. The van der Waals surface area contributed by atoms with Crippen molar-refractivity contribution in [2.45, 2.75) is 89.9 Å². The molecule has 0 aromatic heterocycles. The molecule has 1 atom stereocenters. The molecule has 2 rings (SSSR count). The van der Waals surface area contributed by atoms with Crippen molar-refractivity contribution in [2.75, 3.05) is 6.61 Å². The first-order valence-electron chi connectivity index (χ1n) is 15.4. The summed E-state index contributed by atoms with van der Waals surface area (Å²) in [5.41, 5.74) is 2.94. The normalized spacial score (nSPS) is 14.0. The van der Waals surface area contributed by atoms with Crippen LogP contribution in [0.1, 0.15) is 99.4 Å². The maximum atomic E-state index is 12.8. The molecular formula is C37H46O6. The SMILES string of the molecule is C=CC(=O)CCCCCCC(=O)C(=C)C1=CCC(CCC(=O)c2ccc(CC(=O)CCCCCOC(=O)C=C)cc2)C=C1. The van der Waals surface area contributed by atoms with Crippen molar-refractivity contribution >= 4 is 29.1 Å². The zero-order chi connectivity index (χ0) is 31.5. The van der Waals surface area contributed by atoms with Crippen molar-refractivity contribution in [3.05, 3.63) is 96.7 Å². The molecule has 1 aliphatic carbocycles. The zero-order valence-electron chi connectivity index (χ0n) is 25.5. The molecule has 0 N–H and O–H groups in total. The van der Waals surface area contributed by atoms with E-state index in [9.17, 15) is 24.0 Å². The highest BCUT2D eigenvalue weighted by molar-refractivity contribution is 5.99. The van der Waals surface area contributed by atoms with Crippen LogP contribution in [-0.2, 0) is 30.3 Å². The Morgan fingerprint density at radius 3 is 2.14 bits per heavy atom. The van der Waals surface area contributed by atoms with E-state index in [4.69, 9.17) is 4.74 Å². The Labute approximate surface area is 256 Å². The van der Waals surface area contributed by atoms with Gasteiger partial charge in [0.25, 0.3) is 0 Å². The van der Waals surface area contributed by atoms with Crippen molar-refractivity contribution in [1.29, 1.82) is 0 Å². The second kappa shape index (κ2) is 20.1. The van der Waals surface area contributed by atoms with Gasteiger partial charge in [0.2, 0.25) is 0 Å². The number of ketones is 4. The number of ether oxygens (including phenoxy) is 1. The fourth-order valence-corrected chi connectivity index (χ4v) is 4.87. The van der Waals surface area contributed by atoms with Crippen LogP contribution >= 0.6 is 0 Å². The molecule has 6 nitrogen and oxygen atoms in total. The van der Waals surface area contributed by atoms with Crippen LogP contribution in [0.5, 0.6) is 0 Å². The molecule has 0 saturated carbocycles. The number of hydrogen-bond donors (Lipinski definition) is 0. The number of carbonyl (C=O) groups is 5. The molecule has 43 heavy (non-hydrogen) atoms. The van der Waals surface area contributed by atoms with Gasteiger partial charge < -0.3 is 4.74 Å². The maximum Gasteiger partial charge on any atom is 0.330 e. The first-order chi connectivity index (χ1) is 20.7. The Bertz CT molecular complexity index is 1210. The van der Waals surface area contributed by atoms with Gasteiger partial charge in [0.05, 0.1) is 6.61 Å². The van der Waals surface area contributed by atoms with Crippen LogP contribution in [0.15, 0.2) is 85.5 Å². The summed E-state index contributed by atoms with van der Waals surface area (Å²) in [7, 11) is 0. The molecule has 0 aliphatic heterocycles. The molecule has 0 radical (unpaired) electrons. The summed E-state index contributed by atoms with van der Waals surface area (Å²) in [6, 6.07) is 7.29. The minimum absolute atomic E-state index is 0.0561. The Balaban J connectivity index is 1.64. The third-order valence-electron chi connectivity index (χ3n) is 7.61. The molecule has 1 aromatic rings. The van der Waals surface area contributed by atoms with Crippen LogP contribution in [0.2, 0.25) is 0 Å². The largest absolute Gasteiger partial charge is 0.463 e. The topological polar surface area (TPSA) is 94.6 Å². The van der Waals surface area contributed by atoms with Crippen molar-refractivity contribution in [3.8, 4) is 0 Å². The number of allylic oxidation sites excluding steroid dienone is 6. The summed E-state index contributed by atoms with van der Waals surface area (Å²) < 4.78 is 4.92. The van der Waals surface area contributed by atoms with Gasteiger partial charge in [0, 0.05) is 49.3 Å². The van der Waals surface area contributed by atoms with E-state index in [2.05, 4.69) is 25.8 Å². The molecule has 0 spiro atoms. The highest BCUT2D eigenvalue weighted by Crippen LogP contribution is 2.26. The minimum atomic E-state index is -0.429. The van der Waals surface area contributed by atoms with E-state index in [1.807, 2.05) is 24.3 Å². The highest BCUT2D eigenvalue weighted by atomic mass is 16.5. The van der Waals surface area contributed by atoms with Gasteiger partial charge >= 0.3 is 5.97 Å². The predicted molar refractivity (Wildman–Crippen MR) is 171 cm³/mol. The number of unbranched alkanes of at least 4 members (excludes halogenated alkanes) is 5. The molecule has 1 unspecified atom stereocenters. The third-order valence-corrected chi connectivity index (χ3v) is 7.61. The van der Waals surface area contributed by atoms with E-state index >= 15 is 0 Å². The van der Waals surface area contributed by atoms with Gasteiger partial charge in [-0.25, -0.2) is 4.79 Å². The van der Waals surface area contributed by atoms with Crippen LogP contribution in [0.3, 0.4) is 0 Å². The predicted octanol–water partition coefficient (Wildman–Crippen LogP) is 7.77. The molecule has 230 valence electrons. The number of hydrogen-bond acceptors (Lipinski definition) is 6. The summed E-state index contributed by atoms with van der Waals surface area (Å²) in [6.07, 6.45) is 18.0. The molecular weight excluding hydrogens is 540 g/mol. The van der Waals surface area contributed by atoms with Gasteiger partial charge in [0.1, 0.15) is 5.78 Å². The van der Waals surface area contributed by atoms with E-state index in [1.54, 1.807) is 12.1 Å². The lowest BCUT2D eigenvalue weighted by Gasteiger charge is -2.17. The summed E-state index contributed by atoms with van der Waals surface area (Å²) in [6.45, 7) is 11.2. The Hall–Kier alpha value is -3.93. The van der Waals surface area contributed by atoms with Gasteiger partial charge in [-0.3, -0.25) is 19.2 Å². The number of Topliss-reactive ketones (excluding diaryl/α,β-unsaturated/α-hetero) is 3. The van der Waals surface area contributed by atoms with Crippen LogP contribution in [0, 0.1) is 5.92 Å². The fraction of sp³-hybridized carbons (Fsp3) is 0.432. The molecule has 1 aromatic carbocycles. The molecule has 6 heteroatoms. The van der Waals surface area contributed by atoms with E-state index in [-0.39, 0.29) is 29.1 Å². The maximum absolute atomic E-state index is 12.8. The van der Waals surface area contributed by atoms with Gasteiger partial charge in [-0.15, -0.1) is 0 Å². The monoisotopic (exact) mass is 586 g/mol. The van der Waals surface area contributed by atoms with Crippen molar-refractivity contribution in [1.82, 2.24) is 0 Å². The standard InChI is InChI=1S/C37H46O6/c1-4-33(38)13-9-6-7-11-15-35(40)28(3)31-21-16-29(17-22-31)20-25-36(41)32-23-18-30(19-24-32)27-34(39)14-10-8-12-26-43-37(42)5-2/h4-5,16,18-19,21-24,29H,1-3,6-15,17,20,25-27H2. The number of esters is 1. The molecule has 0 fully saturated rings. The summed E-state index contributed by atoms with van der Waals surface area (Å²) in [5, 5.41) is 0. The zero-order valence-corrected chi connectivity index (χ0v) is 25.5. The van der Waals surface area contributed by atoms with Crippen molar-refractivity contribution in [3.63, 3.8) is 0 Å². The average Bonchev–Trinajstić information content (AvgIpc) is 3.02. The number of carbonyl (C=O) groups excluding carboxylic acids is 5. The smallest absolute Gasteiger partial charge is 0.330 e. The summed E-state index contributed by atoms with van der Waals surface area (Å²) in [4.78, 5) is 59.9. The van der Waals surface area contributed by atoms with Gasteiger partial charge in [-0.2, -0.15) is 0 Å². The Kier molecular flexibility index (Phi) is 16.5. The lowest BCUT2D eigenvalue weighted by Crippen LogP contribution is -2.09. The van der Waals surface area contributed by atoms with Crippen LogP contribution in [0.4, 0.5) is 0 Å². The average molecular weight is 587 g/mol. The molecule has 0 bridgehead atoms. The first-order valence-corrected chi connectivity index (χ1v) is 15.4. The van der Waals surface area contributed by atoms with E-state index < -0.39 is 5.97 Å². The summed E-state index contributed by atoms with van der Waals surface area (Å²) >= 11 is 0. The Morgan fingerprint density at radius 1 is 0.814 bits per heavy atom.